The second-order valence-electron chi connectivity index (χ2n) is 4.20. The summed E-state index contributed by atoms with van der Waals surface area (Å²) in [5.74, 6) is -2.73. The summed E-state index contributed by atoms with van der Waals surface area (Å²) >= 11 is 0. The number of unbranched alkanes of at least 4 members (excludes halogenated alkanes) is 4. The van der Waals surface area contributed by atoms with Gasteiger partial charge in [0.05, 0.1) is 13.0 Å². The minimum absolute atomic E-state index is 0.127. The van der Waals surface area contributed by atoms with Crippen LogP contribution < -0.4 is 11.1 Å². The van der Waals surface area contributed by atoms with Crippen molar-refractivity contribution in [3.63, 3.8) is 0 Å². The van der Waals surface area contributed by atoms with E-state index in [0.29, 0.717) is 6.42 Å². The van der Waals surface area contributed by atoms with Gasteiger partial charge >= 0.3 is 11.9 Å². The van der Waals surface area contributed by atoms with Gasteiger partial charge in [0.15, 0.2) is 0 Å². The molecule has 0 spiro atoms. The minimum atomic E-state index is -1.91. The summed E-state index contributed by atoms with van der Waals surface area (Å²) in [5.41, 5.74) is 4.97. The van der Waals surface area contributed by atoms with Crippen LogP contribution in [0.15, 0.2) is 0 Å². The summed E-state index contributed by atoms with van der Waals surface area (Å²) in [6.07, 6.45) is 3.00. The van der Waals surface area contributed by atoms with Crippen molar-refractivity contribution in [2.75, 3.05) is 6.54 Å². The standard InChI is InChI=1S/C12H22N2O6/c1-2-3-4-5-6-7-10(16)19-20-12(18)11(17)14-9(15)8-13/h11,17H,2-8,13H2,1H3,(H,14,15). The first-order valence-corrected chi connectivity index (χ1v) is 6.60. The number of aliphatic hydroxyl groups is 1. The number of rotatable bonds is 9. The van der Waals surface area contributed by atoms with Gasteiger partial charge in [-0.05, 0) is 6.42 Å². The van der Waals surface area contributed by atoms with Gasteiger partial charge < -0.3 is 16.2 Å². The fourth-order valence-electron chi connectivity index (χ4n) is 1.32. The van der Waals surface area contributed by atoms with Crippen molar-refractivity contribution >= 4 is 17.8 Å². The molecule has 0 radical (unpaired) electrons. The van der Waals surface area contributed by atoms with Gasteiger partial charge in [-0.3, -0.25) is 4.79 Å². The molecule has 0 saturated carbocycles. The maximum atomic E-state index is 11.2. The second-order valence-corrected chi connectivity index (χ2v) is 4.20. The summed E-state index contributed by atoms with van der Waals surface area (Å²) < 4.78 is 0. The van der Waals surface area contributed by atoms with Gasteiger partial charge in [0.2, 0.25) is 12.1 Å². The monoisotopic (exact) mass is 290 g/mol. The van der Waals surface area contributed by atoms with E-state index in [0.717, 1.165) is 25.7 Å². The fourth-order valence-corrected chi connectivity index (χ4v) is 1.32. The lowest BCUT2D eigenvalue weighted by atomic mass is 10.1. The van der Waals surface area contributed by atoms with E-state index in [-0.39, 0.29) is 13.0 Å². The van der Waals surface area contributed by atoms with E-state index in [1.807, 2.05) is 5.32 Å². The number of amides is 1. The molecule has 0 aliphatic carbocycles. The third kappa shape index (κ3) is 9.29. The van der Waals surface area contributed by atoms with E-state index in [4.69, 9.17) is 10.8 Å². The zero-order valence-electron chi connectivity index (χ0n) is 11.6. The molecule has 0 saturated heterocycles. The molecule has 4 N–H and O–H groups in total. The lowest BCUT2D eigenvalue weighted by Crippen LogP contribution is -2.44. The second kappa shape index (κ2) is 11.2. The molecule has 1 unspecified atom stereocenters. The lowest BCUT2D eigenvalue weighted by molar-refractivity contribution is -0.265. The predicted molar refractivity (Wildman–Crippen MR) is 68.8 cm³/mol. The number of hydrogen-bond acceptors (Lipinski definition) is 7. The Kier molecular flexibility index (Phi) is 10.2. The van der Waals surface area contributed by atoms with E-state index in [1.54, 1.807) is 0 Å². The van der Waals surface area contributed by atoms with Crippen molar-refractivity contribution in [2.45, 2.75) is 51.7 Å². The first-order chi connectivity index (χ1) is 9.51. The van der Waals surface area contributed by atoms with Crippen LogP contribution in [0.5, 0.6) is 0 Å². The van der Waals surface area contributed by atoms with Gasteiger partial charge in [-0.25, -0.2) is 19.4 Å². The van der Waals surface area contributed by atoms with Crippen LogP contribution >= 0.6 is 0 Å². The lowest BCUT2D eigenvalue weighted by Gasteiger charge is -2.09. The molecule has 0 heterocycles. The maximum absolute atomic E-state index is 11.2. The van der Waals surface area contributed by atoms with Crippen LogP contribution in [0.4, 0.5) is 0 Å². The van der Waals surface area contributed by atoms with Crippen molar-refractivity contribution in [3.8, 4) is 0 Å². The first kappa shape index (κ1) is 18.3. The Morgan fingerprint density at radius 2 is 1.80 bits per heavy atom. The smallest absolute Gasteiger partial charge is 0.364 e. The van der Waals surface area contributed by atoms with Gasteiger partial charge in [-0.1, -0.05) is 32.6 Å². The number of aliphatic hydroxyl groups excluding tert-OH is 1. The van der Waals surface area contributed by atoms with Gasteiger partial charge in [-0.2, -0.15) is 0 Å². The number of nitrogens with two attached hydrogens (primary N) is 1. The minimum Gasteiger partial charge on any atom is -0.364 e. The summed E-state index contributed by atoms with van der Waals surface area (Å²) in [5, 5.41) is 11.0. The zero-order chi connectivity index (χ0) is 15.4. The Morgan fingerprint density at radius 1 is 1.15 bits per heavy atom. The highest BCUT2D eigenvalue weighted by molar-refractivity contribution is 5.84. The SMILES string of the molecule is CCCCCCCC(=O)OOC(=O)C(O)NC(=O)CN. The largest absolute Gasteiger partial charge is 0.404 e. The quantitative estimate of drug-likeness (QED) is 0.231. The Bertz CT molecular complexity index is 321. The number of hydrogen-bond donors (Lipinski definition) is 3. The molecular formula is C12H22N2O6. The first-order valence-electron chi connectivity index (χ1n) is 6.60. The van der Waals surface area contributed by atoms with Crippen molar-refractivity contribution in [1.82, 2.24) is 5.32 Å². The highest BCUT2D eigenvalue weighted by atomic mass is 17.2. The van der Waals surface area contributed by atoms with Crippen LogP contribution in [-0.2, 0) is 24.2 Å². The molecule has 1 atom stereocenters. The zero-order valence-corrected chi connectivity index (χ0v) is 11.6. The molecule has 0 rings (SSSR count). The van der Waals surface area contributed by atoms with Gasteiger partial charge in [0, 0.05) is 0 Å². The van der Waals surface area contributed by atoms with Crippen LogP contribution in [-0.4, -0.2) is 35.7 Å². The van der Waals surface area contributed by atoms with Crippen molar-refractivity contribution < 1.29 is 29.3 Å². The van der Waals surface area contributed by atoms with E-state index >= 15 is 0 Å². The molecular weight excluding hydrogens is 268 g/mol. The third-order valence-corrected chi connectivity index (χ3v) is 2.41. The van der Waals surface area contributed by atoms with Gasteiger partial charge in [0.1, 0.15) is 0 Å². The number of carbonyl (C=O) groups excluding carboxylic acids is 3. The summed E-state index contributed by atoms with van der Waals surface area (Å²) in [6.45, 7) is 1.70. The van der Waals surface area contributed by atoms with Crippen molar-refractivity contribution in [2.24, 2.45) is 5.73 Å². The topological polar surface area (TPSA) is 128 Å². The Hall–Kier alpha value is -1.67. The fraction of sp³-hybridized carbons (Fsp3) is 0.750. The van der Waals surface area contributed by atoms with E-state index < -0.39 is 24.1 Å². The van der Waals surface area contributed by atoms with Gasteiger partial charge in [0.25, 0.3) is 0 Å². The molecule has 0 aromatic rings. The summed E-state index contributed by atoms with van der Waals surface area (Å²) in [6, 6.07) is 0. The number of nitrogens with one attached hydrogen (secondary N) is 1. The van der Waals surface area contributed by atoms with Crippen LogP contribution in [0.2, 0.25) is 0 Å². The molecule has 1 amide bonds. The van der Waals surface area contributed by atoms with Crippen molar-refractivity contribution in [3.05, 3.63) is 0 Å². The molecule has 116 valence electrons. The molecule has 0 aliphatic rings. The molecule has 8 heteroatoms. The van der Waals surface area contributed by atoms with Crippen LogP contribution in [0, 0.1) is 0 Å². The summed E-state index contributed by atoms with van der Waals surface area (Å²) in [7, 11) is 0. The van der Waals surface area contributed by atoms with Crippen LogP contribution in [0.3, 0.4) is 0 Å². The molecule has 0 aromatic carbocycles. The molecule has 0 aromatic heterocycles. The normalized spacial score (nSPS) is 11.6. The molecule has 0 aliphatic heterocycles. The maximum Gasteiger partial charge on any atom is 0.404 e. The highest BCUT2D eigenvalue weighted by Crippen LogP contribution is 2.05. The molecule has 0 bridgehead atoms. The summed E-state index contributed by atoms with van der Waals surface area (Å²) in [4.78, 5) is 41.4. The Balaban J connectivity index is 3.72. The van der Waals surface area contributed by atoms with Crippen LogP contribution in [0.1, 0.15) is 45.4 Å². The average Bonchev–Trinajstić information content (AvgIpc) is 2.44. The predicted octanol–water partition coefficient (Wildman–Crippen LogP) is -0.258. The van der Waals surface area contributed by atoms with Gasteiger partial charge in [-0.15, -0.1) is 0 Å². The molecule has 20 heavy (non-hydrogen) atoms. The Labute approximate surface area is 117 Å². The average molecular weight is 290 g/mol. The van der Waals surface area contributed by atoms with Crippen molar-refractivity contribution in [1.29, 1.82) is 0 Å². The Morgan fingerprint density at radius 3 is 2.40 bits per heavy atom. The van der Waals surface area contributed by atoms with E-state index in [1.165, 1.54) is 0 Å². The molecule has 0 fully saturated rings. The van der Waals surface area contributed by atoms with E-state index in [2.05, 4.69) is 16.7 Å². The third-order valence-electron chi connectivity index (χ3n) is 2.41. The van der Waals surface area contributed by atoms with E-state index in [9.17, 15) is 14.4 Å². The molecule has 8 nitrogen and oxygen atoms in total. The van der Waals surface area contributed by atoms with Crippen LogP contribution in [0.25, 0.3) is 0 Å². The number of carbonyl (C=O) groups is 3. The highest BCUT2D eigenvalue weighted by Gasteiger charge is 2.21.